The van der Waals surface area contributed by atoms with Crippen molar-refractivity contribution in [1.29, 1.82) is 0 Å². The van der Waals surface area contributed by atoms with Crippen LogP contribution in [0.25, 0.3) is 0 Å². The molecule has 0 spiro atoms. The maximum absolute atomic E-state index is 9.93. The van der Waals surface area contributed by atoms with Gasteiger partial charge < -0.3 is 15.5 Å². The molecule has 1 aromatic rings. The van der Waals surface area contributed by atoms with E-state index in [1.165, 1.54) is 25.7 Å². The number of benzene rings is 1. The number of hydrogen-bond donors (Lipinski definition) is 3. The number of hydrogen-bond acceptors (Lipinski definition) is 3. The van der Waals surface area contributed by atoms with Crippen molar-refractivity contribution in [2.45, 2.75) is 37.8 Å². The van der Waals surface area contributed by atoms with Crippen molar-refractivity contribution in [2.75, 3.05) is 6.54 Å². The first kappa shape index (κ1) is 11.4. The Morgan fingerprint density at radius 3 is 2.44 bits per heavy atom. The highest BCUT2D eigenvalue weighted by Crippen LogP contribution is 2.20. The van der Waals surface area contributed by atoms with Crippen LogP contribution in [0.15, 0.2) is 24.3 Å². The van der Waals surface area contributed by atoms with Gasteiger partial charge in [-0.05, 0) is 30.5 Å². The van der Waals surface area contributed by atoms with Crippen LogP contribution in [0, 0.1) is 0 Å². The van der Waals surface area contributed by atoms with Gasteiger partial charge in [-0.3, -0.25) is 0 Å². The van der Waals surface area contributed by atoms with Gasteiger partial charge in [0.25, 0.3) is 0 Å². The summed E-state index contributed by atoms with van der Waals surface area (Å²) in [4.78, 5) is 0. The Morgan fingerprint density at radius 1 is 1.19 bits per heavy atom. The van der Waals surface area contributed by atoms with Crippen LogP contribution in [0.3, 0.4) is 0 Å². The third-order valence-electron chi connectivity index (χ3n) is 3.23. The number of rotatable bonds is 4. The van der Waals surface area contributed by atoms with Crippen molar-refractivity contribution in [2.24, 2.45) is 0 Å². The fourth-order valence-corrected chi connectivity index (χ4v) is 2.22. The minimum absolute atomic E-state index is 0.236. The molecule has 3 nitrogen and oxygen atoms in total. The van der Waals surface area contributed by atoms with Crippen LogP contribution in [-0.4, -0.2) is 22.8 Å². The highest BCUT2D eigenvalue weighted by Gasteiger charge is 2.16. The predicted molar refractivity (Wildman–Crippen MR) is 63.3 cm³/mol. The van der Waals surface area contributed by atoms with Crippen LogP contribution < -0.4 is 5.32 Å². The van der Waals surface area contributed by atoms with Gasteiger partial charge in [-0.15, -0.1) is 0 Å². The highest BCUT2D eigenvalue weighted by atomic mass is 16.3. The lowest BCUT2D eigenvalue weighted by Gasteiger charge is -2.16. The van der Waals surface area contributed by atoms with Crippen LogP contribution in [0.4, 0.5) is 0 Å². The third kappa shape index (κ3) is 2.97. The molecule has 0 bridgehead atoms. The first-order valence-electron chi connectivity index (χ1n) is 5.96. The van der Waals surface area contributed by atoms with E-state index in [1.807, 2.05) is 0 Å². The van der Waals surface area contributed by atoms with E-state index in [0.717, 1.165) is 5.56 Å². The SMILES string of the molecule is Oc1ccc(C(O)CNC2CCCC2)cc1. The van der Waals surface area contributed by atoms with Gasteiger partial charge in [-0.2, -0.15) is 0 Å². The summed E-state index contributed by atoms with van der Waals surface area (Å²) >= 11 is 0. The summed E-state index contributed by atoms with van der Waals surface area (Å²) in [6.45, 7) is 0.593. The average Bonchev–Trinajstić information content (AvgIpc) is 2.80. The lowest BCUT2D eigenvalue weighted by atomic mass is 10.1. The first-order chi connectivity index (χ1) is 7.75. The smallest absolute Gasteiger partial charge is 0.115 e. The molecule has 3 heteroatoms. The number of aromatic hydroxyl groups is 1. The van der Waals surface area contributed by atoms with E-state index >= 15 is 0 Å². The monoisotopic (exact) mass is 221 g/mol. The lowest BCUT2D eigenvalue weighted by molar-refractivity contribution is 0.170. The number of phenols is 1. The summed E-state index contributed by atoms with van der Waals surface area (Å²) < 4.78 is 0. The van der Waals surface area contributed by atoms with Crippen molar-refractivity contribution in [1.82, 2.24) is 5.32 Å². The average molecular weight is 221 g/mol. The summed E-state index contributed by atoms with van der Waals surface area (Å²) in [5.74, 6) is 0.236. The van der Waals surface area contributed by atoms with E-state index in [2.05, 4.69) is 5.32 Å². The van der Waals surface area contributed by atoms with E-state index < -0.39 is 6.10 Å². The van der Waals surface area contributed by atoms with Gasteiger partial charge in [0.05, 0.1) is 6.10 Å². The topological polar surface area (TPSA) is 52.5 Å². The Morgan fingerprint density at radius 2 is 1.81 bits per heavy atom. The summed E-state index contributed by atoms with van der Waals surface area (Å²) in [5.41, 5.74) is 0.850. The molecular formula is C13H19NO2. The standard InChI is InChI=1S/C13H19NO2/c15-12-7-5-10(6-8-12)13(16)9-14-11-3-1-2-4-11/h5-8,11,13-16H,1-4,9H2. The van der Waals surface area contributed by atoms with Gasteiger partial charge in [-0.25, -0.2) is 0 Å². The molecule has 0 radical (unpaired) electrons. The molecule has 88 valence electrons. The Labute approximate surface area is 96.1 Å². The third-order valence-corrected chi connectivity index (χ3v) is 3.23. The maximum atomic E-state index is 9.93. The van der Waals surface area contributed by atoms with Gasteiger partial charge in [0, 0.05) is 12.6 Å². The molecule has 1 aliphatic rings. The van der Waals surface area contributed by atoms with E-state index in [0.29, 0.717) is 12.6 Å². The van der Waals surface area contributed by atoms with E-state index in [-0.39, 0.29) is 5.75 Å². The predicted octanol–water partition coefficient (Wildman–Crippen LogP) is 1.96. The van der Waals surface area contributed by atoms with Crippen molar-refractivity contribution < 1.29 is 10.2 Å². The normalized spacial score (nSPS) is 18.8. The minimum atomic E-state index is -0.485. The molecule has 1 atom stereocenters. The summed E-state index contributed by atoms with van der Waals surface area (Å²) in [7, 11) is 0. The zero-order chi connectivity index (χ0) is 11.4. The van der Waals surface area contributed by atoms with E-state index in [4.69, 9.17) is 5.11 Å². The Kier molecular flexibility index (Phi) is 3.80. The zero-order valence-electron chi connectivity index (χ0n) is 9.39. The van der Waals surface area contributed by atoms with Crippen molar-refractivity contribution >= 4 is 0 Å². The molecule has 0 heterocycles. The quantitative estimate of drug-likeness (QED) is 0.728. The molecule has 0 amide bonds. The van der Waals surface area contributed by atoms with Gasteiger partial charge in [0.2, 0.25) is 0 Å². The van der Waals surface area contributed by atoms with Crippen LogP contribution in [-0.2, 0) is 0 Å². The zero-order valence-corrected chi connectivity index (χ0v) is 9.39. The maximum Gasteiger partial charge on any atom is 0.115 e. The molecule has 16 heavy (non-hydrogen) atoms. The molecule has 1 unspecified atom stereocenters. The highest BCUT2D eigenvalue weighted by molar-refractivity contribution is 5.27. The molecular weight excluding hydrogens is 202 g/mol. The van der Waals surface area contributed by atoms with Crippen LogP contribution in [0.2, 0.25) is 0 Å². The Bertz CT molecular complexity index is 317. The van der Waals surface area contributed by atoms with Gasteiger partial charge in [0.1, 0.15) is 5.75 Å². The van der Waals surface area contributed by atoms with E-state index in [1.54, 1.807) is 24.3 Å². The number of aliphatic hydroxyl groups is 1. The molecule has 0 saturated heterocycles. The molecule has 3 N–H and O–H groups in total. The summed E-state index contributed by atoms with van der Waals surface area (Å²) in [6.07, 6.45) is 4.56. The van der Waals surface area contributed by atoms with Crippen molar-refractivity contribution in [3.8, 4) is 5.75 Å². The van der Waals surface area contributed by atoms with Crippen molar-refractivity contribution in [3.63, 3.8) is 0 Å². The molecule has 1 saturated carbocycles. The molecule has 2 rings (SSSR count). The summed E-state index contributed by atoms with van der Waals surface area (Å²) in [5, 5.41) is 22.5. The second-order valence-corrected chi connectivity index (χ2v) is 4.50. The van der Waals surface area contributed by atoms with E-state index in [9.17, 15) is 5.11 Å². The molecule has 0 aliphatic heterocycles. The second kappa shape index (κ2) is 5.32. The molecule has 1 fully saturated rings. The Hall–Kier alpha value is -1.06. The van der Waals surface area contributed by atoms with Crippen LogP contribution in [0.5, 0.6) is 5.75 Å². The summed E-state index contributed by atoms with van der Waals surface area (Å²) in [6, 6.07) is 7.31. The first-order valence-corrected chi connectivity index (χ1v) is 5.96. The van der Waals surface area contributed by atoms with Gasteiger partial charge in [0.15, 0.2) is 0 Å². The number of nitrogens with one attached hydrogen (secondary N) is 1. The number of aliphatic hydroxyl groups excluding tert-OH is 1. The number of phenolic OH excluding ortho intramolecular Hbond substituents is 1. The molecule has 0 aromatic heterocycles. The van der Waals surface area contributed by atoms with Crippen LogP contribution >= 0.6 is 0 Å². The second-order valence-electron chi connectivity index (χ2n) is 4.50. The fraction of sp³-hybridized carbons (Fsp3) is 0.538. The van der Waals surface area contributed by atoms with Crippen LogP contribution in [0.1, 0.15) is 37.4 Å². The van der Waals surface area contributed by atoms with Gasteiger partial charge in [-0.1, -0.05) is 25.0 Å². The fourth-order valence-electron chi connectivity index (χ4n) is 2.22. The van der Waals surface area contributed by atoms with Gasteiger partial charge >= 0.3 is 0 Å². The molecule has 1 aliphatic carbocycles. The Balaban J connectivity index is 1.82. The lowest BCUT2D eigenvalue weighted by Crippen LogP contribution is -2.30. The minimum Gasteiger partial charge on any atom is -0.508 e. The van der Waals surface area contributed by atoms with Crippen molar-refractivity contribution in [3.05, 3.63) is 29.8 Å². The molecule has 1 aromatic carbocycles. The largest absolute Gasteiger partial charge is 0.508 e.